The molecule has 1 aromatic carbocycles. The zero-order valence-corrected chi connectivity index (χ0v) is 12.0. The molecule has 108 valence electrons. The average Bonchev–Trinajstić information content (AvgIpc) is 2.96. The van der Waals surface area contributed by atoms with Crippen LogP contribution in [-0.4, -0.2) is 13.1 Å². The van der Waals surface area contributed by atoms with Crippen LogP contribution in [0.1, 0.15) is 25.2 Å². The molecule has 0 saturated heterocycles. The lowest BCUT2D eigenvalue weighted by Gasteiger charge is -2.25. The lowest BCUT2D eigenvalue weighted by Crippen LogP contribution is -2.24. The van der Waals surface area contributed by atoms with E-state index in [0.29, 0.717) is 13.1 Å². The van der Waals surface area contributed by atoms with Crippen molar-refractivity contribution in [3.05, 3.63) is 53.7 Å². The van der Waals surface area contributed by atoms with Crippen molar-refractivity contribution in [2.75, 3.05) is 18.0 Å². The maximum Gasteiger partial charge on any atom is 0.123 e. The van der Waals surface area contributed by atoms with Crippen molar-refractivity contribution in [1.29, 1.82) is 0 Å². The summed E-state index contributed by atoms with van der Waals surface area (Å²) in [6.07, 6.45) is 1.67. The summed E-state index contributed by atoms with van der Waals surface area (Å²) in [4.78, 5) is 2.19. The molecule has 0 aliphatic rings. The van der Waals surface area contributed by atoms with Crippen LogP contribution in [0, 0.1) is 5.82 Å². The van der Waals surface area contributed by atoms with Crippen LogP contribution in [0.5, 0.6) is 0 Å². The third-order valence-corrected chi connectivity index (χ3v) is 3.26. The Morgan fingerprint density at radius 1 is 1.25 bits per heavy atom. The van der Waals surface area contributed by atoms with E-state index in [0.717, 1.165) is 30.1 Å². The molecule has 0 fully saturated rings. The SMILES string of the molecule is CCNCc1cc(F)ccc1N(CC)Cc1ccco1. The van der Waals surface area contributed by atoms with Gasteiger partial charge in [0.1, 0.15) is 11.6 Å². The lowest BCUT2D eigenvalue weighted by molar-refractivity contribution is 0.503. The van der Waals surface area contributed by atoms with Gasteiger partial charge in [-0.2, -0.15) is 0 Å². The minimum atomic E-state index is -0.198. The summed E-state index contributed by atoms with van der Waals surface area (Å²) >= 11 is 0. The van der Waals surface area contributed by atoms with Crippen LogP contribution in [0.4, 0.5) is 10.1 Å². The molecule has 1 N–H and O–H groups in total. The second-order valence-electron chi connectivity index (χ2n) is 4.65. The van der Waals surface area contributed by atoms with E-state index >= 15 is 0 Å². The molecule has 1 aromatic heterocycles. The number of rotatable bonds is 7. The van der Waals surface area contributed by atoms with Crippen LogP contribution >= 0.6 is 0 Å². The Kier molecular flexibility index (Phi) is 5.18. The van der Waals surface area contributed by atoms with Gasteiger partial charge in [0.2, 0.25) is 0 Å². The van der Waals surface area contributed by atoms with E-state index in [2.05, 4.69) is 17.1 Å². The van der Waals surface area contributed by atoms with Gasteiger partial charge in [-0.1, -0.05) is 6.92 Å². The molecule has 0 bridgehead atoms. The largest absolute Gasteiger partial charge is 0.467 e. The Balaban J connectivity index is 2.23. The predicted octanol–water partition coefficient (Wildman–Crippen LogP) is 3.55. The summed E-state index contributed by atoms with van der Waals surface area (Å²) in [5.74, 6) is 0.710. The molecule has 0 aliphatic heterocycles. The summed E-state index contributed by atoms with van der Waals surface area (Å²) in [6, 6.07) is 8.79. The monoisotopic (exact) mass is 276 g/mol. The molecule has 0 unspecified atom stereocenters. The van der Waals surface area contributed by atoms with Crippen LogP contribution in [-0.2, 0) is 13.1 Å². The van der Waals surface area contributed by atoms with Crippen LogP contribution < -0.4 is 10.2 Å². The van der Waals surface area contributed by atoms with Crippen molar-refractivity contribution in [2.45, 2.75) is 26.9 Å². The highest BCUT2D eigenvalue weighted by atomic mass is 19.1. The van der Waals surface area contributed by atoms with E-state index < -0.39 is 0 Å². The third kappa shape index (κ3) is 3.61. The van der Waals surface area contributed by atoms with Gasteiger partial charge in [0.15, 0.2) is 0 Å². The number of halogens is 1. The first-order chi connectivity index (χ1) is 9.74. The van der Waals surface area contributed by atoms with Gasteiger partial charge in [-0.3, -0.25) is 0 Å². The Hall–Kier alpha value is -1.81. The van der Waals surface area contributed by atoms with Gasteiger partial charge in [0.25, 0.3) is 0 Å². The van der Waals surface area contributed by atoms with E-state index in [9.17, 15) is 4.39 Å². The Morgan fingerprint density at radius 2 is 2.10 bits per heavy atom. The van der Waals surface area contributed by atoms with E-state index in [4.69, 9.17) is 4.42 Å². The average molecular weight is 276 g/mol. The summed E-state index contributed by atoms with van der Waals surface area (Å²) in [7, 11) is 0. The normalized spacial score (nSPS) is 10.8. The van der Waals surface area contributed by atoms with Crippen molar-refractivity contribution in [2.24, 2.45) is 0 Å². The molecule has 0 spiro atoms. The number of anilines is 1. The molecule has 0 saturated carbocycles. The van der Waals surface area contributed by atoms with E-state index in [1.165, 1.54) is 6.07 Å². The Labute approximate surface area is 119 Å². The fourth-order valence-electron chi connectivity index (χ4n) is 2.22. The molecule has 2 rings (SSSR count). The van der Waals surface area contributed by atoms with Gasteiger partial charge in [0, 0.05) is 18.8 Å². The molecule has 0 aliphatic carbocycles. The van der Waals surface area contributed by atoms with Gasteiger partial charge in [0.05, 0.1) is 12.8 Å². The van der Waals surface area contributed by atoms with Crippen molar-refractivity contribution in [1.82, 2.24) is 5.32 Å². The number of furan rings is 1. The minimum Gasteiger partial charge on any atom is -0.467 e. The van der Waals surface area contributed by atoms with Gasteiger partial charge in [-0.15, -0.1) is 0 Å². The standard InChI is InChI=1S/C16H21FN2O/c1-3-18-11-13-10-14(17)7-8-16(13)19(4-2)12-15-6-5-9-20-15/h5-10,18H,3-4,11-12H2,1-2H3. The predicted molar refractivity (Wildman–Crippen MR) is 79.2 cm³/mol. The highest BCUT2D eigenvalue weighted by molar-refractivity contribution is 5.54. The molecule has 1 heterocycles. The maximum atomic E-state index is 13.5. The highest BCUT2D eigenvalue weighted by Crippen LogP contribution is 2.23. The van der Waals surface area contributed by atoms with Crippen LogP contribution in [0.2, 0.25) is 0 Å². The van der Waals surface area contributed by atoms with E-state index in [1.807, 2.05) is 25.1 Å². The molecule has 0 atom stereocenters. The summed E-state index contributed by atoms with van der Waals surface area (Å²) in [5.41, 5.74) is 2.02. The number of hydrogen-bond donors (Lipinski definition) is 1. The summed E-state index contributed by atoms with van der Waals surface area (Å²) < 4.78 is 18.9. The van der Waals surface area contributed by atoms with Crippen molar-refractivity contribution in [3.63, 3.8) is 0 Å². The quantitative estimate of drug-likeness (QED) is 0.838. The molecular formula is C16H21FN2O. The zero-order valence-electron chi connectivity index (χ0n) is 12.0. The first-order valence-corrected chi connectivity index (χ1v) is 7.01. The first-order valence-electron chi connectivity index (χ1n) is 7.01. The van der Waals surface area contributed by atoms with Crippen molar-refractivity contribution >= 4 is 5.69 Å². The maximum absolute atomic E-state index is 13.5. The van der Waals surface area contributed by atoms with E-state index in [-0.39, 0.29) is 5.82 Å². The molecule has 0 amide bonds. The number of nitrogens with one attached hydrogen (secondary N) is 1. The topological polar surface area (TPSA) is 28.4 Å². The Bertz CT molecular complexity index is 525. The second-order valence-corrected chi connectivity index (χ2v) is 4.65. The zero-order chi connectivity index (χ0) is 14.4. The molecule has 4 heteroatoms. The van der Waals surface area contributed by atoms with Gasteiger partial charge in [-0.05, 0) is 49.4 Å². The lowest BCUT2D eigenvalue weighted by atomic mass is 10.1. The van der Waals surface area contributed by atoms with Gasteiger partial charge in [-0.25, -0.2) is 4.39 Å². The fourth-order valence-corrected chi connectivity index (χ4v) is 2.22. The van der Waals surface area contributed by atoms with Gasteiger partial charge >= 0.3 is 0 Å². The van der Waals surface area contributed by atoms with Crippen molar-refractivity contribution < 1.29 is 8.81 Å². The third-order valence-electron chi connectivity index (χ3n) is 3.26. The minimum absolute atomic E-state index is 0.198. The van der Waals surface area contributed by atoms with Gasteiger partial charge < -0.3 is 14.6 Å². The number of nitrogens with zero attached hydrogens (tertiary/aromatic N) is 1. The highest BCUT2D eigenvalue weighted by Gasteiger charge is 2.12. The number of hydrogen-bond acceptors (Lipinski definition) is 3. The smallest absolute Gasteiger partial charge is 0.123 e. The summed E-state index contributed by atoms with van der Waals surface area (Å²) in [5, 5.41) is 3.25. The van der Waals surface area contributed by atoms with Crippen molar-refractivity contribution in [3.8, 4) is 0 Å². The van der Waals surface area contributed by atoms with Crippen LogP contribution in [0.25, 0.3) is 0 Å². The molecular weight excluding hydrogens is 255 g/mol. The molecule has 0 radical (unpaired) electrons. The van der Waals surface area contributed by atoms with E-state index in [1.54, 1.807) is 12.3 Å². The van der Waals surface area contributed by atoms with Crippen LogP contribution in [0.15, 0.2) is 41.0 Å². The molecule has 3 nitrogen and oxygen atoms in total. The molecule has 2 aromatic rings. The molecule has 20 heavy (non-hydrogen) atoms. The fraction of sp³-hybridized carbons (Fsp3) is 0.375. The first kappa shape index (κ1) is 14.6. The second kappa shape index (κ2) is 7.10. The number of benzene rings is 1. The Morgan fingerprint density at radius 3 is 2.75 bits per heavy atom. The van der Waals surface area contributed by atoms with Crippen LogP contribution in [0.3, 0.4) is 0 Å². The summed E-state index contributed by atoms with van der Waals surface area (Å²) in [6.45, 7) is 7.18.